The molecule has 0 spiro atoms. The number of β-amino-alcohol motifs (C(OH)–C–C–N with tert-alkyl or cyclic N) is 1. The maximum absolute atomic E-state index is 13.6. The number of aliphatic hydroxyl groups excluding tert-OH is 1. The van der Waals surface area contributed by atoms with E-state index in [9.17, 15) is 19.5 Å². The summed E-state index contributed by atoms with van der Waals surface area (Å²) in [5, 5.41) is 26.9. The minimum atomic E-state index is -0.761. The normalized spacial score (nSPS) is 18.9. The summed E-state index contributed by atoms with van der Waals surface area (Å²) in [4.78, 5) is 38.9. The van der Waals surface area contributed by atoms with Crippen molar-refractivity contribution in [3.05, 3.63) is 30.5 Å². The number of likely N-dealkylation sites (N-methyl/N-ethyl adjacent to an activating group) is 2. The van der Waals surface area contributed by atoms with Gasteiger partial charge in [-0.1, -0.05) is 38.1 Å². The highest BCUT2D eigenvalue weighted by atomic mass is 16.3. The summed E-state index contributed by atoms with van der Waals surface area (Å²) in [6, 6.07) is 5.93. The van der Waals surface area contributed by atoms with Gasteiger partial charge in [-0.15, -0.1) is 5.10 Å². The van der Waals surface area contributed by atoms with E-state index in [1.54, 1.807) is 13.2 Å². The molecule has 3 rings (SSSR count). The van der Waals surface area contributed by atoms with E-state index in [-0.39, 0.29) is 37.2 Å². The standard InChI is InChI=1S/C23H33N7O4/c1-23(2,3)20(22(34)29-12-16(31)10-18(29)21(33)25-5)30-13-17(27-28-30)14-7-6-8-15(9-14)26-11-19(32)24-4/h6-9,13,16,18,20,26,31H,10-12H2,1-5H3,(H,24,32)(H,25,33)/t16?,18?,20-/m1/s1. The number of carbonyl (C=O) groups is 3. The molecule has 34 heavy (non-hydrogen) atoms. The lowest BCUT2D eigenvalue weighted by atomic mass is 9.85. The number of nitrogens with zero attached hydrogens (tertiary/aromatic N) is 4. The molecule has 2 aromatic rings. The Hall–Kier alpha value is -3.47. The van der Waals surface area contributed by atoms with Gasteiger partial charge < -0.3 is 26.0 Å². The van der Waals surface area contributed by atoms with Gasteiger partial charge in [-0.3, -0.25) is 14.4 Å². The van der Waals surface area contributed by atoms with Crippen LogP contribution in [0.15, 0.2) is 30.5 Å². The second kappa shape index (κ2) is 10.2. The third-order valence-corrected chi connectivity index (χ3v) is 5.83. The van der Waals surface area contributed by atoms with Crippen molar-refractivity contribution in [2.75, 3.05) is 32.5 Å². The van der Waals surface area contributed by atoms with Crippen molar-refractivity contribution in [2.24, 2.45) is 5.41 Å². The van der Waals surface area contributed by atoms with Gasteiger partial charge in [0.25, 0.3) is 0 Å². The van der Waals surface area contributed by atoms with E-state index in [2.05, 4.69) is 26.3 Å². The minimum Gasteiger partial charge on any atom is -0.391 e. The highest BCUT2D eigenvalue weighted by molar-refractivity contribution is 5.90. The molecule has 1 fully saturated rings. The molecule has 3 amide bonds. The molecule has 2 heterocycles. The number of rotatable bonds is 7. The molecule has 3 atom stereocenters. The van der Waals surface area contributed by atoms with Gasteiger partial charge >= 0.3 is 0 Å². The fraction of sp³-hybridized carbons (Fsp3) is 0.522. The van der Waals surface area contributed by atoms with Gasteiger partial charge in [0.2, 0.25) is 17.7 Å². The van der Waals surface area contributed by atoms with E-state index in [0.717, 1.165) is 11.3 Å². The van der Waals surface area contributed by atoms with Crippen molar-refractivity contribution in [3.63, 3.8) is 0 Å². The third-order valence-electron chi connectivity index (χ3n) is 5.83. The van der Waals surface area contributed by atoms with Crippen LogP contribution in [-0.4, -0.2) is 82.1 Å². The van der Waals surface area contributed by atoms with Crippen LogP contribution in [0, 0.1) is 5.41 Å². The smallest absolute Gasteiger partial charge is 0.248 e. The van der Waals surface area contributed by atoms with Crippen LogP contribution in [0.4, 0.5) is 5.69 Å². The average molecular weight is 472 g/mol. The molecule has 11 nitrogen and oxygen atoms in total. The highest BCUT2D eigenvalue weighted by Gasteiger charge is 2.45. The fourth-order valence-corrected chi connectivity index (χ4v) is 4.10. The number of aromatic nitrogens is 3. The van der Waals surface area contributed by atoms with Gasteiger partial charge in [0, 0.05) is 38.3 Å². The van der Waals surface area contributed by atoms with Crippen LogP contribution in [-0.2, 0) is 14.4 Å². The van der Waals surface area contributed by atoms with Crippen LogP contribution in [0.3, 0.4) is 0 Å². The van der Waals surface area contributed by atoms with E-state index in [4.69, 9.17) is 0 Å². The average Bonchev–Trinajstić information content (AvgIpc) is 3.43. The Balaban J connectivity index is 1.88. The second-order valence-corrected chi connectivity index (χ2v) is 9.47. The summed E-state index contributed by atoms with van der Waals surface area (Å²) in [5.74, 6) is -0.738. The van der Waals surface area contributed by atoms with Crippen LogP contribution in [0.2, 0.25) is 0 Å². The first kappa shape index (κ1) is 25.2. The van der Waals surface area contributed by atoms with Gasteiger partial charge in [0.15, 0.2) is 0 Å². The predicted octanol–water partition coefficient (Wildman–Crippen LogP) is 0.398. The van der Waals surface area contributed by atoms with E-state index in [1.165, 1.54) is 16.6 Å². The summed E-state index contributed by atoms with van der Waals surface area (Å²) in [7, 11) is 3.09. The molecule has 0 bridgehead atoms. The number of carbonyl (C=O) groups excluding carboxylic acids is 3. The molecule has 1 aliphatic heterocycles. The summed E-state index contributed by atoms with van der Waals surface area (Å²) < 4.78 is 1.52. The van der Waals surface area contributed by atoms with Crippen LogP contribution < -0.4 is 16.0 Å². The van der Waals surface area contributed by atoms with Crippen molar-refractivity contribution >= 4 is 23.4 Å². The van der Waals surface area contributed by atoms with Gasteiger partial charge in [0.05, 0.1) is 18.8 Å². The zero-order valence-electron chi connectivity index (χ0n) is 20.2. The van der Waals surface area contributed by atoms with Gasteiger partial charge in [-0.2, -0.15) is 0 Å². The van der Waals surface area contributed by atoms with Crippen molar-refractivity contribution in [3.8, 4) is 11.3 Å². The predicted molar refractivity (Wildman–Crippen MR) is 127 cm³/mol. The minimum absolute atomic E-state index is 0.0874. The Morgan fingerprint density at radius 3 is 2.59 bits per heavy atom. The van der Waals surface area contributed by atoms with E-state index >= 15 is 0 Å². The monoisotopic (exact) mass is 471 g/mol. The van der Waals surface area contributed by atoms with Crippen molar-refractivity contribution in [2.45, 2.75) is 45.4 Å². The Morgan fingerprint density at radius 1 is 1.21 bits per heavy atom. The molecule has 0 saturated carbocycles. The fourth-order valence-electron chi connectivity index (χ4n) is 4.10. The number of hydrogen-bond acceptors (Lipinski definition) is 7. The maximum atomic E-state index is 13.6. The largest absolute Gasteiger partial charge is 0.391 e. The second-order valence-electron chi connectivity index (χ2n) is 9.47. The summed E-state index contributed by atoms with van der Waals surface area (Å²) >= 11 is 0. The number of aliphatic hydroxyl groups is 1. The quantitative estimate of drug-likeness (QED) is 0.458. The number of anilines is 1. The number of nitrogens with one attached hydrogen (secondary N) is 3. The molecule has 1 aromatic carbocycles. The number of benzene rings is 1. The Morgan fingerprint density at radius 2 is 1.94 bits per heavy atom. The zero-order valence-corrected chi connectivity index (χ0v) is 20.2. The first-order valence-corrected chi connectivity index (χ1v) is 11.2. The van der Waals surface area contributed by atoms with Crippen LogP contribution >= 0.6 is 0 Å². The first-order valence-electron chi connectivity index (χ1n) is 11.2. The third kappa shape index (κ3) is 5.53. The van der Waals surface area contributed by atoms with Crippen LogP contribution in [0.5, 0.6) is 0 Å². The van der Waals surface area contributed by atoms with E-state index in [0.29, 0.717) is 5.69 Å². The van der Waals surface area contributed by atoms with Gasteiger partial charge in [0.1, 0.15) is 17.8 Å². The summed E-state index contributed by atoms with van der Waals surface area (Å²) in [6.07, 6.45) is 1.14. The molecular formula is C23H33N7O4. The van der Waals surface area contributed by atoms with E-state index < -0.39 is 23.6 Å². The number of hydrogen-bond donors (Lipinski definition) is 4. The lowest BCUT2D eigenvalue weighted by Crippen LogP contribution is -2.49. The highest BCUT2D eigenvalue weighted by Crippen LogP contribution is 2.35. The molecule has 2 unspecified atom stereocenters. The summed E-state index contributed by atoms with van der Waals surface area (Å²) in [5.41, 5.74) is 1.54. The lowest BCUT2D eigenvalue weighted by Gasteiger charge is -2.34. The number of amides is 3. The molecule has 1 saturated heterocycles. The Kier molecular flexibility index (Phi) is 7.55. The molecule has 184 valence electrons. The molecule has 0 radical (unpaired) electrons. The van der Waals surface area contributed by atoms with Crippen LogP contribution in [0.1, 0.15) is 33.2 Å². The Labute approximate surface area is 198 Å². The molecule has 4 N–H and O–H groups in total. The van der Waals surface area contributed by atoms with Gasteiger partial charge in [-0.25, -0.2) is 4.68 Å². The molecule has 1 aromatic heterocycles. The lowest BCUT2D eigenvalue weighted by molar-refractivity contribution is -0.144. The zero-order chi connectivity index (χ0) is 25.0. The van der Waals surface area contributed by atoms with Crippen molar-refractivity contribution in [1.82, 2.24) is 30.5 Å². The number of likely N-dealkylation sites (tertiary alicyclic amines) is 1. The summed E-state index contributed by atoms with van der Waals surface area (Å²) in [6.45, 7) is 5.98. The van der Waals surface area contributed by atoms with Gasteiger partial charge in [-0.05, 0) is 17.5 Å². The molecule has 1 aliphatic rings. The van der Waals surface area contributed by atoms with E-state index in [1.807, 2.05) is 45.0 Å². The first-order chi connectivity index (χ1) is 16.0. The maximum Gasteiger partial charge on any atom is 0.248 e. The molecular weight excluding hydrogens is 438 g/mol. The SMILES string of the molecule is CNC(=O)CNc1cccc(-c2cn([C@H](C(=O)N3CC(O)CC3C(=O)NC)C(C)(C)C)nn2)c1. The molecule has 0 aliphatic carbocycles. The topological polar surface area (TPSA) is 141 Å². The molecule has 11 heteroatoms. The van der Waals surface area contributed by atoms with Crippen molar-refractivity contribution < 1.29 is 19.5 Å². The van der Waals surface area contributed by atoms with Crippen LogP contribution in [0.25, 0.3) is 11.3 Å². The Bertz CT molecular complexity index is 1050. The van der Waals surface area contributed by atoms with Crippen molar-refractivity contribution in [1.29, 1.82) is 0 Å².